The first-order valence-corrected chi connectivity index (χ1v) is 9.65. The Balaban J connectivity index is 1.49. The van der Waals surface area contributed by atoms with E-state index in [9.17, 15) is 9.35 Å². The zero-order chi connectivity index (χ0) is 17.6. The summed E-state index contributed by atoms with van der Waals surface area (Å²) in [6, 6.07) is 16.8. The molecule has 0 radical (unpaired) electrons. The first-order valence-electron chi connectivity index (χ1n) is 8.33. The van der Waals surface area contributed by atoms with Crippen molar-refractivity contribution in [3.63, 3.8) is 0 Å². The van der Waals surface area contributed by atoms with Crippen molar-refractivity contribution in [2.75, 3.05) is 12.4 Å². The molecule has 25 heavy (non-hydrogen) atoms. The van der Waals surface area contributed by atoms with Gasteiger partial charge in [0, 0.05) is 17.0 Å². The van der Waals surface area contributed by atoms with E-state index in [1.807, 2.05) is 55.5 Å². The summed E-state index contributed by atoms with van der Waals surface area (Å²) in [4.78, 5) is 15.2. The first kappa shape index (κ1) is 17.6. The molecule has 130 valence electrons. The molecule has 0 amide bonds. The molecule has 3 rings (SSSR count). The van der Waals surface area contributed by atoms with E-state index in [0.29, 0.717) is 12.4 Å². The summed E-state index contributed by atoms with van der Waals surface area (Å²) in [5.74, 6) is 1.43. The maximum absolute atomic E-state index is 12.1. The van der Waals surface area contributed by atoms with E-state index in [2.05, 4.69) is 4.98 Å². The van der Waals surface area contributed by atoms with E-state index in [0.717, 1.165) is 40.0 Å². The van der Waals surface area contributed by atoms with Crippen molar-refractivity contribution >= 4 is 22.1 Å². The molecule has 0 spiro atoms. The van der Waals surface area contributed by atoms with E-state index in [4.69, 9.17) is 4.74 Å². The van der Waals surface area contributed by atoms with E-state index < -0.39 is 11.2 Å². The topological polar surface area (TPSA) is 65.2 Å². The van der Waals surface area contributed by atoms with Crippen molar-refractivity contribution in [1.29, 1.82) is 0 Å². The van der Waals surface area contributed by atoms with Crippen molar-refractivity contribution in [1.82, 2.24) is 4.98 Å². The number of ether oxygens (including phenoxy) is 1. The Morgan fingerprint density at radius 1 is 1.08 bits per heavy atom. The molecule has 1 heterocycles. The predicted octanol–water partition coefficient (Wildman–Crippen LogP) is 3.80. The number of aromatic amines is 1. The van der Waals surface area contributed by atoms with Crippen LogP contribution < -0.4 is 10.3 Å². The summed E-state index contributed by atoms with van der Waals surface area (Å²) in [5.41, 5.74) is 1.66. The Bertz CT molecular complexity index is 892. The highest BCUT2D eigenvalue weighted by Crippen LogP contribution is 2.21. The lowest BCUT2D eigenvalue weighted by atomic mass is 10.1. The number of aryl methyl sites for hydroxylation is 1. The third kappa shape index (κ3) is 4.65. The monoisotopic (exact) mass is 355 g/mol. The third-order valence-electron chi connectivity index (χ3n) is 4.02. The minimum absolute atomic E-state index is 0.0925. The molecule has 5 heteroatoms. The number of aromatic nitrogens is 1. The fourth-order valence-corrected chi connectivity index (χ4v) is 3.87. The highest BCUT2D eigenvalue weighted by molar-refractivity contribution is 7.91. The molecule has 2 aromatic carbocycles. The number of fused-ring (bicyclic) bond motifs is 1. The molecule has 0 saturated carbocycles. The van der Waals surface area contributed by atoms with Crippen LogP contribution in [0.15, 0.2) is 64.3 Å². The summed E-state index contributed by atoms with van der Waals surface area (Å²) < 4.78 is 17.9. The average molecular weight is 355 g/mol. The van der Waals surface area contributed by atoms with E-state index in [1.54, 1.807) is 6.07 Å². The van der Waals surface area contributed by atoms with Gasteiger partial charge in [-0.1, -0.05) is 18.2 Å². The van der Waals surface area contributed by atoms with Gasteiger partial charge in [0.2, 0.25) is 5.56 Å². The number of unbranched alkanes of at least 4 members (excludes halogenated alkanes) is 1. The molecular formula is C20H21NO3S. The SMILES string of the molecule is Cc1cc(=O)[nH]c2ccc(OCCCC[S+]([O-])c3ccccc3)cc12. The standard InChI is InChI=1S/C20H21NO3S/c1-15-13-20(22)21-19-10-9-16(14-18(15)19)24-11-5-6-12-25(23)17-7-3-2-4-8-17/h2-4,7-10,13-14H,5-6,11-12H2,1H3,(H,21,22). The molecule has 0 aliphatic rings. The first-order chi connectivity index (χ1) is 12.1. The number of rotatable bonds is 7. The van der Waals surface area contributed by atoms with Gasteiger partial charge < -0.3 is 14.3 Å². The molecule has 4 nitrogen and oxygen atoms in total. The highest BCUT2D eigenvalue weighted by Gasteiger charge is 2.09. The number of benzene rings is 2. The van der Waals surface area contributed by atoms with Crippen LogP contribution in [0.4, 0.5) is 0 Å². The van der Waals surface area contributed by atoms with Crippen LogP contribution in [0.2, 0.25) is 0 Å². The Morgan fingerprint density at radius 2 is 1.88 bits per heavy atom. The smallest absolute Gasteiger partial charge is 0.248 e. The summed E-state index contributed by atoms with van der Waals surface area (Å²) in [6.07, 6.45) is 1.70. The second-order valence-corrected chi connectivity index (χ2v) is 7.51. The predicted molar refractivity (Wildman–Crippen MR) is 102 cm³/mol. The molecule has 3 aromatic rings. The second-order valence-electron chi connectivity index (χ2n) is 5.94. The summed E-state index contributed by atoms with van der Waals surface area (Å²) >= 11 is -0.945. The van der Waals surface area contributed by atoms with Gasteiger partial charge in [0.1, 0.15) is 11.5 Å². The van der Waals surface area contributed by atoms with E-state index >= 15 is 0 Å². The van der Waals surface area contributed by atoms with Crippen LogP contribution in [0.25, 0.3) is 10.9 Å². The van der Waals surface area contributed by atoms with Crippen LogP contribution in [0.3, 0.4) is 0 Å². The van der Waals surface area contributed by atoms with Gasteiger partial charge in [0.25, 0.3) is 0 Å². The molecule has 0 saturated heterocycles. The Morgan fingerprint density at radius 3 is 2.68 bits per heavy atom. The number of hydrogen-bond acceptors (Lipinski definition) is 3. The summed E-state index contributed by atoms with van der Waals surface area (Å²) in [5, 5.41) is 0.988. The molecule has 0 aliphatic carbocycles. The van der Waals surface area contributed by atoms with Gasteiger partial charge >= 0.3 is 0 Å². The minimum atomic E-state index is -0.945. The van der Waals surface area contributed by atoms with Gasteiger partial charge in [0.05, 0.1) is 6.61 Å². The molecule has 1 N–H and O–H groups in total. The minimum Gasteiger partial charge on any atom is -0.611 e. The molecule has 0 aliphatic heterocycles. The Kier molecular flexibility index (Phi) is 5.79. The third-order valence-corrected chi connectivity index (χ3v) is 5.48. The number of nitrogens with one attached hydrogen (secondary N) is 1. The van der Waals surface area contributed by atoms with Gasteiger partial charge in [-0.3, -0.25) is 4.79 Å². The quantitative estimate of drug-likeness (QED) is 0.518. The van der Waals surface area contributed by atoms with Crippen LogP contribution >= 0.6 is 0 Å². The van der Waals surface area contributed by atoms with Crippen molar-refractivity contribution in [2.24, 2.45) is 0 Å². The largest absolute Gasteiger partial charge is 0.611 e. The van der Waals surface area contributed by atoms with Gasteiger partial charge in [-0.15, -0.1) is 0 Å². The van der Waals surface area contributed by atoms with Crippen molar-refractivity contribution in [2.45, 2.75) is 24.7 Å². The van der Waals surface area contributed by atoms with Gasteiger partial charge in [-0.2, -0.15) is 0 Å². The van der Waals surface area contributed by atoms with Gasteiger partial charge in [-0.25, -0.2) is 0 Å². The maximum Gasteiger partial charge on any atom is 0.248 e. The number of hydrogen-bond donors (Lipinski definition) is 1. The lowest BCUT2D eigenvalue weighted by Gasteiger charge is -2.11. The number of H-pyrrole nitrogens is 1. The van der Waals surface area contributed by atoms with Crippen molar-refractivity contribution in [3.05, 3.63) is 70.5 Å². The normalized spacial score (nSPS) is 12.2. The van der Waals surface area contributed by atoms with Gasteiger partial charge in [0.15, 0.2) is 4.90 Å². The second kappa shape index (κ2) is 8.23. The molecule has 1 aromatic heterocycles. The van der Waals surface area contributed by atoms with Crippen LogP contribution in [0.1, 0.15) is 18.4 Å². The van der Waals surface area contributed by atoms with Crippen molar-refractivity contribution in [3.8, 4) is 5.75 Å². The summed E-state index contributed by atoms with van der Waals surface area (Å²) in [6.45, 7) is 2.50. The average Bonchev–Trinajstić information content (AvgIpc) is 2.62. The Labute approximate surface area is 150 Å². The fraction of sp³-hybridized carbons (Fsp3) is 0.250. The zero-order valence-electron chi connectivity index (χ0n) is 14.2. The van der Waals surface area contributed by atoms with Crippen LogP contribution in [0.5, 0.6) is 5.75 Å². The molecule has 1 atom stereocenters. The zero-order valence-corrected chi connectivity index (χ0v) is 15.0. The summed E-state index contributed by atoms with van der Waals surface area (Å²) in [7, 11) is 0. The van der Waals surface area contributed by atoms with Crippen LogP contribution in [-0.2, 0) is 11.2 Å². The van der Waals surface area contributed by atoms with Crippen molar-refractivity contribution < 1.29 is 9.29 Å². The van der Waals surface area contributed by atoms with Crippen LogP contribution in [-0.4, -0.2) is 21.9 Å². The van der Waals surface area contributed by atoms with E-state index in [1.165, 1.54) is 0 Å². The lowest BCUT2D eigenvalue weighted by molar-refractivity contribution is 0.310. The maximum atomic E-state index is 12.1. The molecule has 1 unspecified atom stereocenters. The van der Waals surface area contributed by atoms with Gasteiger partial charge in [-0.05, 0) is 66.8 Å². The number of pyridine rings is 1. The molecular weight excluding hydrogens is 334 g/mol. The Hall–Kier alpha value is -2.24. The van der Waals surface area contributed by atoms with E-state index in [-0.39, 0.29) is 5.56 Å². The highest BCUT2D eigenvalue weighted by atomic mass is 32.2. The van der Waals surface area contributed by atoms with Crippen LogP contribution in [0, 0.1) is 6.92 Å². The lowest BCUT2D eigenvalue weighted by Crippen LogP contribution is -2.08. The molecule has 0 fully saturated rings. The molecule has 0 bridgehead atoms. The fourth-order valence-electron chi connectivity index (χ4n) is 2.71.